The van der Waals surface area contributed by atoms with Crippen LogP contribution in [0.2, 0.25) is 0 Å². The van der Waals surface area contributed by atoms with Gasteiger partial charge in [0, 0.05) is 45.0 Å². The molecule has 2 amide bonds. The number of carbonyl (C=O) groups excluding carboxylic acids is 2. The van der Waals surface area contributed by atoms with Crippen LogP contribution in [0.15, 0.2) is 65.3 Å². The molecule has 0 unspecified atom stereocenters. The summed E-state index contributed by atoms with van der Waals surface area (Å²) in [5.41, 5.74) is 3.24. The highest BCUT2D eigenvalue weighted by molar-refractivity contribution is 5.92. The van der Waals surface area contributed by atoms with E-state index in [1.165, 1.54) is 18.4 Å². The smallest absolute Gasteiger partial charge is 0.290 e. The molecule has 0 spiro atoms. The van der Waals surface area contributed by atoms with Crippen molar-refractivity contribution >= 4 is 23.2 Å². The van der Waals surface area contributed by atoms with Crippen molar-refractivity contribution in [3.05, 3.63) is 83.6 Å². The highest BCUT2D eigenvalue weighted by Gasteiger charge is 2.21. The van der Waals surface area contributed by atoms with E-state index in [1.54, 1.807) is 36.1 Å². The molecule has 0 aliphatic heterocycles. The van der Waals surface area contributed by atoms with Gasteiger partial charge in [-0.2, -0.15) is 0 Å². The molecule has 1 aromatic heterocycles. The van der Waals surface area contributed by atoms with Crippen LogP contribution >= 0.6 is 0 Å². The van der Waals surface area contributed by atoms with E-state index in [0.29, 0.717) is 12.1 Å². The Morgan fingerprint density at radius 1 is 1.03 bits per heavy atom. The van der Waals surface area contributed by atoms with Crippen LogP contribution < -0.4 is 10.2 Å². The standard InChI is InChI=1S/C24H26FN3O3/c1-4-23(29)26-20-11-12-21(27(2)3)18(14-20)16-28(24(30)22-6-5-13-31-22)15-17-7-9-19(25)10-8-17/h5-14H,4,15-16H2,1-3H3,(H,26,29). The lowest BCUT2D eigenvalue weighted by Gasteiger charge is -2.26. The minimum atomic E-state index is -0.332. The number of rotatable bonds is 8. The fourth-order valence-electron chi connectivity index (χ4n) is 3.25. The number of furan rings is 1. The van der Waals surface area contributed by atoms with Crippen molar-refractivity contribution in [2.75, 3.05) is 24.3 Å². The number of hydrogen-bond donors (Lipinski definition) is 1. The Labute approximate surface area is 181 Å². The molecule has 0 aliphatic rings. The van der Waals surface area contributed by atoms with Crippen LogP contribution in [0.5, 0.6) is 0 Å². The Kier molecular flexibility index (Phi) is 7.07. The molecule has 0 saturated heterocycles. The SMILES string of the molecule is CCC(=O)Nc1ccc(N(C)C)c(CN(Cc2ccc(F)cc2)C(=O)c2ccco2)c1. The second kappa shape index (κ2) is 9.93. The number of amides is 2. The zero-order valence-corrected chi connectivity index (χ0v) is 17.9. The lowest BCUT2D eigenvalue weighted by Crippen LogP contribution is -2.30. The van der Waals surface area contributed by atoms with Gasteiger partial charge in [-0.05, 0) is 53.6 Å². The summed E-state index contributed by atoms with van der Waals surface area (Å²) in [6.07, 6.45) is 1.83. The Morgan fingerprint density at radius 2 is 1.77 bits per heavy atom. The molecule has 3 rings (SSSR count). The fraction of sp³-hybridized carbons (Fsp3) is 0.250. The first kappa shape index (κ1) is 22.1. The fourth-order valence-corrected chi connectivity index (χ4v) is 3.25. The first-order chi connectivity index (χ1) is 14.9. The number of benzene rings is 2. The summed E-state index contributed by atoms with van der Waals surface area (Å²) in [5, 5.41) is 2.86. The van der Waals surface area contributed by atoms with Crippen LogP contribution in [0.25, 0.3) is 0 Å². The Morgan fingerprint density at radius 3 is 2.39 bits per heavy atom. The Bertz CT molecular complexity index is 1030. The van der Waals surface area contributed by atoms with Crippen molar-refractivity contribution in [2.45, 2.75) is 26.4 Å². The predicted octanol–water partition coefficient (Wildman–Crippen LogP) is 4.68. The minimum Gasteiger partial charge on any atom is -0.459 e. The average Bonchev–Trinajstić information content (AvgIpc) is 3.29. The van der Waals surface area contributed by atoms with Crippen molar-refractivity contribution in [1.82, 2.24) is 4.90 Å². The number of anilines is 2. The number of hydrogen-bond acceptors (Lipinski definition) is 4. The molecule has 1 N–H and O–H groups in total. The second-order valence-electron chi connectivity index (χ2n) is 7.40. The summed E-state index contributed by atoms with van der Waals surface area (Å²) in [6.45, 7) is 2.34. The first-order valence-corrected chi connectivity index (χ1v) is 10.0. The highest BCUT2D eigenvalue weighted by Crippen LogP contribution is 2.26. The van der Waals surface area contributed by atoms with Gasteiger partial charge in [-0.1, -0.05) is 19.1 Å². The van der Waals surface area contributed by atoms with Gasteiger partial charge >= 0.3 is 0 Å². The number of nitrogens with one attached hydrogen (secondary N) is 1. The highest BCUT2D eigenvalue weighted by atomic mass is 19.1. The van der Waals surface area contributed by atoms with Gasteiger partial charge in [-0.15, -0.1) is 0 Å². The van der Waals surface area contributed by atoms with E-state index in [0.717, 1.165) is 16.8 Å². The summed E-state index contributed by atoms with van der Waals surface area (Å²) in [6, 6.07) is 15.0. The van der Waals surface area contributed by atoms with Crippen molar-refractivity contribution < 1.29 is 18.4 Å². The number of halogens is 1. The van der Waals surface area contributed by atoms with Gasteiger partial charge in [-0.3, -0.25) is 9.59 Å². The molecule has 0 saturated carbocycles. The maximum atomic E-state index is 13.3. The maximum Gasteiger partial charge on any atom is 0.290 e. The summed E-state index contributed by atoms with van der Waals surface area (Å²) >= 11 is 0. The topological polar surface area (TPSA) is 65.8 Å². The van der Waals surface area contributed by atoms with Crippen molar-refractivity contribution in [1.29, 1.82) is 0 Å². The molecule has 0 radical (unpaired) electrons. The van der Waals surface area contributed by atoms with Gasteiger partial charge < -0.3 is 19.5 Å². The first-order valence-electron chi connectivity index (χ1n) is 10.0. The van der Waals surface area contributed by atoms with E-state index in [9.17, 15) is 14.0 Å². The second-order valence-corrected chi connectivity index (χ2v) is 7.40. The predicted molar refractivity (Wildman–Crippen MR) is 118 cm³/mol. The van der Waals surface area contributed by atoms with Crippen molar-refractivity contribution in [3.8, 4) is 0 Å². The lowest BCUT2D eigenvalue weighted by atomic mass is 10.1. The van der Waals surface area contributed by atoms with Gasteiger partial charge in [0.2, 0.25) is 5.91 Å². The quantitative estimate of drug-likeness (QED) is 0.572. The molecule has 3 aromatic rings. The summed E-state index contributed by atoms with van der Waals surface area (Å²) in [5.74, 6) is -0.466. The molecule has 162 valence electrons. The Hall–Kier alpha value is -3.61. The van der Waals surface area contributed by atoms with E-state index in [4.69, 9.17) is 4.42 Å². The third-order valence-corrected chi connectivity index (χ3v) is 4.83. The zero-order valence-electron chi connectivity index (χ0n) is 17.9. The van der Waals surface area contributed by atoms with Gasteiger partial charge in [0.1, 0.15) is 5.82 Å². The van der Waals surface area contributed by atoms with Gasteiger partial charge in [0.05, 0.1) is 6.26 Å². The minimum absolute atomic E-state index is 0.0848. The van der Waals surface area contributed by atoms with E-state index >= 15 is 0 Å². The summed E-state index contributed by atoms with van der Waals surface area (Å²) in [7, 11) is 3.84. The molecule has 6 nitrogen and oxygen atoms in total. The molecule has 0 fully saturated rings. The monoisotopic (exact) mass is 423 g/mol. The molecule has 31 heavy (non-hydrogen) atoms. The van der Waals surface area contributed by atoms with Crippen LogP contribution in [0.4, 0.5) is 15.8 Å². The van der Waals surface area contributed by atoms with Gasteiger partial charge in [0.15, 0.2) is 5.76 Å². The van der Waals surface area contributed by atoms with E-state index in [1.807, 2.05) is 37.2 Å². The summed E-state index contributed by atoms with van der Waals surface area (Å²) < 4.78 is 18.7. The third kappa shape index (κ3) is 5.72. The van der Waals surface area contributed by atoms with Gasteiger partial charge in [0.25, 0.3) is 5.91 Å². The molecule has 1 heterocycles. The lowest BCUT2D eigenvalue weighted by molar-refractivity contribution is -0.115. The molecular weight excluding hydrogens is 397 g/mol. The molecule has 0 bridgehead atoms. The number of nitrogens with zero attached hydrogens (tertiary/aromatic N) is 2. The van der Waals surface area contributed by atoms with E-state index in [2.05, 4.69) is 5.32 Å². The Balaban J connectivity index is 1.95. The maximum absolute atomic E-state index is 13.3. The normalized spacial score (nSPS) is 10.6. The zero-order chi connectivity index (χ0) is 22.4. The van der Waals surface area contributed by atoms with Crippen LogP contribution in [-0.2, 0) is 17.9 Å². The molecule has 2 aromatic carbocycles. The van der Waals surface area contributed by atoms with Crippen LogP contribution in [0, 0.1) is 5.82 Å². The molecule has 0 aliphatic carbocycles. The molecular formula is C24H26FN3O3. The van der Waals surface area contributed by atoms with Crippen LogP contribution in [-0.4, -0.2) is 30.8 Å². The van der Waals surface area contributed by atoms with Crippen LogP contribution in [0.1, 0.15) is 35.0 Å². The average molecular weight is 423 g/mol. The van der Waals surface area contributed by atoms with Crippen molar-refractivity contribution in [3.63, 3.8) is 0 Å². The van der Waals surface area contributed by atoms with Crippen molar-refractivity contribution in [2.24, 2.45) is 0 Å². The summed E-state index contributed by atoms with van der Waals surface area (Å²) in [4.78, 5) is 28.6. The van der Waals surface area contributed by atoms with Crippen LogP contribution in [0.3, 0.4) is 0 Å². The largest absolute Gasteiger partial charge is 0.459 e. The van der Waals surface area contributed by atoms with E-state index < -0.39 is 0 Å². The molecule has 0 atom stereocenters. The third-order valence-electron chi connectivity index (χ3n) is 4.83. The molecule has 7 heteroatoms. The van der Waals surface area contributed by atoms with E-state index in [-0.39, 0.29) is 36.5 Å². The van der Waals surface area contributed by atoms with Gasteiger partial charge in [-0.25, -0.2) is 4.39 Å². The number of carbonyl (C=O) groups is 2.